The van der Waals surface area contributed by atoms with Crippen LogP contribution in [0.25, 0.3) is 0 Å². The molecule has 0 spiro atoms. The summed E-state index contributed by atoms with van der Waals surface area (Å²) in [6.45, 7) is 6.71. The molecule has 1 fully saturated rings. The van der Waals surface area contributed by atoms with Gasteiger partial charge in [-0.2, -0.15) is 0 Å². The molecule has 1 aliphatic rings. The Hall–Kier alpha value is -0.0800. The third-order valence-electron chi connectivity index (χ3n) is 3.94. The van der Waals surface area contributed by atoms with Crippen LogP contribution in [0.5, 0.6) is 0 Å². The Balaban J connectivity index is 2.08. The Morgan fingerprint density at radius 2 is 1.94 bits per heavy atom. The number of nitrogens with one attached hydrogen (secondary N) is 1. The van der Waals surface area contributed by atoms with Crippen LogP contribution in [0.3, 0.4) is 0 Å². The minimum absolute atomic E-state index is 0.576. The first kappa shape index (κ1) is 16.0. The molecule has 0 aromatic heterocycles. The molecule has 0 saturated carbocycles. The van der Waals surface area contributed by atoms with Crippen molar-refractivity contribution < 1.29 is 4.74 Å². The Labute approximate surface area is 114 Å². The maximum atomic E-state index is 5.69. The molecule has 18 heavy (non-hydrogen) atoms. The molecule has 2 unspecified atom stereocenters. The van der Waals surface area contributed by atoms with Crippen molar-refractivity contribution in [2.24, 2.45) is 0 Å². The van der Waals surface area contributed by atoms with Crippen LogP contribution in [-0.4, -0.2) is 25.3 Å². The molecule has 1 saturated heterocycles. The van der Waals surface area contributed by atoms with Crippen LogP contribution < -0.4 is 5.32 Å². The van der Waals surface area contributed by atoms with Gasteiger partial charge in [-0.05, 0) is 51.5 Å². The van der Waals surface area contributed by atoms with Crippen molar-refractivity contribution in [2.75, 3.05) is 13.2 Å². The maximum Gasteiger partial charge on any atom is 0.0576 e. The highest BCUT2D eigenvalue weighted by Gasteiger charge is 2.15. The van der Waals surface area contributed by atoms with Crippen molar-refractivity contribution in [3.63, 3.8) is 0 Å². The number of ether oxygens (including phenoxy) is 1. The molecule has 0 aromatic rings. The smallest absolute Gasteiger partial charge is 0.0576 e. The van der Waals surface area contributed by atoms with E-state index in [1.165, 1.54) is 70.8 Å². The van der Waals surface area contributed by atoms with Crippen LogP contribution in [-0.2, 0) is 4.74 Å². The van der Waals surface area contributed by atoms with Crippen LogP contribution >= 0.6 is 0 Å². The Morgan fingerprint density at radius 3 is 2.61 bits per heavy atom. The van der Waals surface area contributed by atoms with E-state index in [0.717, 1.165) is 12.6 Å². The molecular formula is C16H33NO. The zero-order chi connectivity index (χ0) is 13.1. The fourth-order valence-corrected chi connectivity index (χ4v) is 2.80. The molecule has 108 valence electrons. The molecular weight excluding hydrogens is 222 g/mol. The van der Waals surface area contributed by atoms with Crippen LogP contribution in [0, 0.1) is 0 Å². The van der Waals surface area contributed by atoms with Crippen molar-refractivity contribution >= 4 is 0 Å². The summed E-state index contributed by atoms with van der Waals surface area (Å²) in [5.74, 6) is 0. The zero-order valence-electron chi connectivity index (χ0n) is 12.5. The molecule has 1 rings (SSSR count). The lowest BCUT2D eigenvalue weighted by Crippen LogP contribution is -2.30. The first-order chi connectivity index (χ1) is 8.86. The van der Waals surface area contributed by atoms with Gasteiger partial charge in [-0.1, -0.05) is 33.1 Å². The van der Waals surface area contributed by atoms with Gasteiger partial charge in [-0.3, -0.25) is 0 Å². The van der Waals surface area contributed by atoms with Crippen LogP contribution in [0.15, 0.2) is 0 Å². The SMILES string of the molecule is CCCCCC(CCCC1CCCO1)NCCC. The Morgan fingerprint density at radius 1 is 1.11 bits per heavy atom. The average molecular weight is 255 g/mol. The first-order valence-electron chi connectivity index (χ1n) is 8.21. The highest BCUT2D eigenvalue weighted by Crippen LogP contribution is 2.19. The number of hydrogen-bond donors (Lipinski definition) is 1. The van der Waals surface area contributed by atoms with E-state index in [4.69, 9.17) is 4.74 Å². The van der Waals surface area contributed by atoms with Gasteiger partial charge >= 0.3 is 0 Å². The molecule has 0 aromatic carbocycles. The predicted octanol–water partition coefficient (Wildman–Crippen LogP) is 4.28. The second kappa shape index (κ2) is 10.8. The van der Waals surface area contributed by atoms with E-state index < -0.39 is 0 Å². The fraction of sp³-hybridized carbons (Fsp3) is 1.00. The van der Waals surface area contributed by atoms with Crippen molar-refractivity contribution in [3.05, 3.63) is 0 Å². The minimum atomic E-state index is 0.576. The third kappa shape index (κ3) is 7.38. The van der Waals surface area contributed by atoms with Gasteiger partial charge in [-0.15, -0.1) is 0 Å². The zero-order valence-corrected chi connectivity index (χ0v) is 12.5. The lowest BCUT2D eigenvalue weighted by Gasteiger charge is -2.19. The second-order valence-corrected chi connectivity index (χ2v) is 5.71. The lowest BCUT2D eigenvalue weighted by molar-refractivity contribution is 0.101. The number of rotatable bonds is 11. The summed E-state index contributed by atoms with van der Waals surface area (Å²) in [6.07, 6.45) is 13.8. The second-order valence-electron chi connectivity index (χ2n) is 5.71. The molecule has 1 heterocycles. The predicted molar refractivity (Wildman–Crippen MR) is 79.0 cm³/mol. The van der Waals surface area contributed by atoms with Crippen molar-refractivity contribution in [3.8, 4) is 0 Å². The summed E-state index contributed by atoms with van der Waals surface area (Å²) < 4.78 is 5.69. The van der Waals surface area contributed by atoms with E-state index >= 15 is 0 Å². The summed E-state index contributed by atoms with van der Waals surface area (Å²) in [6, 6.07) is 0.748. The van der Waals surface area contributed by atoms with Gasteiger partial charge in [0.25, 0.3) is 0 Å². The van der Waals surface area contributed by atoms with Gasteiger partial charge in [-0.25, -0.2) is 0 Å². The summed E-state index contributed by atoms with van der Waals surface area (Å²) >= 11 is 0. The third-order valence-corrected chi connectivity index (χ3v) is 3.94. The number of unbranched alkanes of at least 4 members (excludes halogenated alkanes) is 2. The molecule has 0 amide bonds. The quantitative estimate of drug-likeness (QED) is 0.556. The standard InChI is InChI=1S/C16H33NO/c1-3-5-6-9-15(17-13-4-2)10-7-11-16-12-8-14-18-16/h15-17H,3-14H2,1-2H3. The van der Waals surface area contributed by atoms with Crippen molar-refractivity contribution in [1.29, 1.82) is 0 Å². The van der Waals surface area contributed by atoms with Crippen molar-refractivity contribution in [1.82, 2.24) is 5.32 Å². The van der Waals surface area contributed by atoms with E-state index in [1.807, 2.05) is 0 Å². The maximum absolute atomic E-state index is 5.69. The summed E-state index contributed by atoms with van der Waals surface area (Å²) in [4.78, 5) is 0. The molecule has 0 bridgehead atoms. The highest BCUT2D eigenvalue weighted by molar-refractivity contribution is 4.70. The van der Waals surface area contributed by atoms with Gasteiger partial charge in [0, 0.05) is 12.6 Å². The topological polar surface area (TPSA) is 21.3 Å². The number of hydrogen-bond acceptors (Lipinski definition) is 2. The average Bonchev–Trinajstić information content (AvgIpc) is 2.88. The van der Waals surface area contributed by atoms with Crippen LogP contribution in [0.2, 0.25) is 0 Å². The Bertz CT molecular complexity index is 178. The summed E-state index contributed by atoms with van der Waals surface area (Å²) in [5.41, 5.74) is 0. The van der Waals surface area contributed by atoms with Crippen molar-refractivity contribution in [2.45, 2.75) is 90.2 Å². The fourth-order valence-electron chi connectivity index (χ4n) is 2.80. The summed E-state index contributed by atoms with van der Waals surface area (Å²) in [5, 5.41) is 3.71. The molecule has 2 nitrogen and oxygen atoms in total. The molecule has 0 radical (unpaired) electrons. The van der Waals surface area contributed by atoms with Gasteiger partial charge < -0.3 is 10.1 Å². The normalized spacial score (nSPS) is 21.3. The van der Waals surface area contributed by atoms with Gasteiger partial charge in [0.05, 0.1) is 6.10 Å². The lowest BCUT2D eigenvalue weighted by atomic mass is 10.0. The van der Waals surface area contributed by atoms with E-state index in [1.54, 1.807) is 0 Å². The summed E-state index contributed by atoms with van der Waals surface area (Å²) in [7, 11) is 0. The molecule has 2 atom stereocenters. The molecule has 1 aliphatic heterocycles. The van der Waals surface area contributed by atoms with E-state index in [9.17, 15) is 0 Å². The largest absolute Gasteiger partial charge is 0.378 e. The van der Waals surface area contributed by atoms with Gasteiger partial charge in [0.15, 0.2) is 0 Å². The first-order valence-corrected chi connectivity index (χ1v) is 8.21. The van der Waals surface area contributed by atoms with Gasteiger partial charge in [0.2, 0.25) is 0 Å². The Kier molecular flexibility index (Phi) is 9.59. The van der Waals surface area contributed by atoms with Crippen LogP contribution in [0.1, 0.15) is 78.1 Å². The molecule has 1 N–H and O–H groups in total. The van der Waals surface area contributed by atoms with E-state index in [-0.39, 0.29) is 0 Å². The van der Waals surface area contributed by atoms with E-state index in [2.05, 4.69) is 19.2 Å². The molecule has 2 heteroatoms. The van der Waals surface area contributed by atoms with Crippen LogP contribution in [0.4, 0.5) is 0 Å². The van der Waals surface area contributed by atoms with Gasteiger partial charge in [0.1, 0.15) is 0 Å². The van der Waals surface area contributed by atoms with E-state index in [0.29, 0.717) is 6.10 Å². The molecule has 0 aliphatic carbocycles. The monoisotopic (exact) mass is 255 g/mol. The highest BCUT2D eigenvalue weighted by atomic mass is 16.5. The minimum Gasteiger partial charge on any atom is -0.378 e.